The minimum atomic E-state index is 1.24. The lowest BCUT2D eigenvalue weighted by Gasteiger charge is -2.19. The summed E-state index contributed by atoms with van der Waals surface area (Å²) in [6.45, 7) is 0. The first-order valence-electron chi connectivity index (χ1n) is 19.9. The molecule has 0 saturated heterocycles. The maximum atomic E-state index is 2.47. The molecule has 0 radical (unpaired) electrons. The lowest BCUT2D eigenvalue weighted by molar-refractivity contribution is 1.68. The molecule has 13 aromatic rings. The van der Waals surface area contributed by atoms with Crippen LogP contribution in [0.25, 0.3) is 128 Å². The van der Waals surface area contributed by atoms with Crippen molar-refractivity contribution < 1.29 is 0 Å². The van der Waals surface area contributed by atoms with Crippen LogP contribution < -0.4 is 0 Å². The van der Waals surface area contributed by atoms with Gasteiger partial charge in [-0.05, 0) is 124 Å². The molecule has 0 amide bonds. The highest BCUT2D eigenvalue weighted by atomic mass is 32.1. The van der Waals surface area contributed by atoms with Gasteiger partial charge in [0.2, 0.25) is 0 Å². The Labute approximate surface area is 342 Å². The first-order chi connectivity index (χ1) is 28.7. The predicted molar refractivity (Wildman–Crippen MR) is 256 cm³/mol. The second-order valence-electron chi connectivity index (χ2n) is 15.5. The molecular weight excluding hydrogens is 737 g/mol. The van der Waals surface area contributed by atoms with Gasteiger partial charge in [0, 0.05) is 45.7 Å². The summed E-state index contributed by atoms with van der Waals surface area (Å²) >= 11 is 3.82. The van der Waals surface area contributed by atoms with E-state index in [2.05, 4.69) is 194 Å². The topological polar surface area (TPSA) is 0 Å². The Bertz CT molecular complexity index is 3800. The van der Waals surface area contributed by atoms with E-state index < -0.39 is 0 Å². The zero-order valence-electron chi connectivity index (χ0n) is 31.3. The molecule has 0 bridgehead atoms. The zero-order valence-corrected chi connectivity index (χ0v) is 32.9. The first kappa shape index (κ1) is 32.3. The molecule has 0 N–H and O–H groups in total. The van der Waals surface area contributed by atoms with Gasteiger partial charge < -0.3 is 0 Å². The molecule has 13 rings (SSSR count). The van der Waals surface area contributed by atoms with Gasteiger partial charge in [0.1, 0.15) is 0 Å². The number of hydrogen-bond donors (Lipinski definition) is 0. The Morgan fingerprint density at radius 3 is 1.50 bits per heavy atom. The van der Waals surface area contributed by atoms with Crippen molar-refractivity contribution in [1.82, 2.24) is 0 Å². The van der Waals surface area contributed by atoms with Gasteiger partial charge in [-0.15, -0.1) is 22.7 Å². The summed E-state index contributed by atoms with van der Waals surface area (Å²) in [4.78, 5) is 0. The highest BCUT2D eigenvalue weighted by Crippen LogP contribution is 2.48. The normalized spacial score (nSPS) is 12.1. The largest absolute Gasteiger partial charge is 0.135 e. The Morgan fingerprint density at radius 1 is 0.241 bits per heavy atom. The standard InChI is InChI=1S/C56H32S2/c1-2-14-38-33(12-1)13-11-21-41(38)55-44-19-5-3-17-42(44)54(43-18-4-6-20-45(43)55)37-27-25-34-28-36(26-24-35(34)29-37)46-30-49-40-16-8-10-23-52(40)58-56(49)50-32-53-48(31-47(46)50)39-15-7-9-22-51(39)57-53/h1-32H. The lowest BCUT2D eigenvalue weighted by Crippen LogP contribution is -1.91. The average molecular weight is 769 g/mol. The molecule has 0 spiro atoms. The maximum absolute atomic E-state index is 2.47. The van der Waals surface area contributed by atoms with Gasteiger partial charge in [-0.2, -0.15) is 0 Å². The predicted octanol–water partition coefficient (Wildman–Crippen LogP) is 17.2. The molecule has 0 unspecified atom stereocenters. The van der Waals surface area contributed by atoms with Crippen LogP contribution in [0.2, 0.25) is 0 Å². The Balaban J connectivity index is 1.03. The Kier molecular flexibility index (Phi) is 6.86. The van der Waals surface area contributed by atoms with Crippen LogP contribution in [-0.4, -0.2) is 0 Å². The van der Waals surface area contributed by atoms with E-state index in [1.807, 2.05) is 22.7 Å². The SMILES string of the molecule is c1ccc2c(-c3c4ccccc4c(-c4ccc5cc(-c6cc7c8ccccc8sc7c7cc8sc9ccccc9c8cc67)ccc5c4)c4ccccc34)cccc2c1. The van der Waals surface area contributed by atoms with E-state index in [9.17, 15) is 0 Å². The third-order valence-electron chi connectivity index (χ3n) is 12.4. The van der Waals surface area contributed by atoms with E-state index in [1.54, 1.807) is 0 Å². The molecule has 0 nitrogen and oxygen atoms in total. The number of fused-ring (bicyclic) bond motifs is 12. The van der Waals surface area contributed by atoms with Crippen LogP contribution in [0.4, 0.5) is 0 Å². The molecule has 0 aliphatic rings. The first-order valence-corrected chi connectivity index (χ1v) is 21.5. The zero-order chi connectivity index (χ0) is 37.9. The highest BCUT2D eigenvalue weighted by Gasteiger charge is 2.20. The smallest absolute Gasteiger partial charge is 0.0434 e. The van der Waals surface area contributed by atoms with Crippen LogP contribution in [0, 0.1) is 0 Å². The maximum Gasteiger partial charge on any atom is 0.0434 e. The Morgan fingerprint density at radius 2 is 0.776 bits per heavy atom. The molecule has 0 saturated carbocycles. The van der Waals surface area contributed by atoms with Gasteiger partial charge in [-0.1, -0.05) is 152 Å². The van der Waals surface area contributed by atoms with Crippen molar-refractivity contribution in [2.75, 3.05) is 0 Å². The van der Waals surface area contributed by atoms with Crippen molar-refractivity contribution in [3.8, 4) is 33.4 Å². The number of benzene rings is 11. The number of thiophene rings is 2. The summed E-state index contributed by atoms with van der Waals surface area (Å²) in [5.74, 6) is 0. The van der Waals surface area contributed by atoms with Crippen molar-refractivity contribution in [2.45, 2.75) is 0 Å². The molecule has 0 aliphatic carbocycles. The number of hydrogen-bond acceptors (Lipinski definition) is 2. The molecule has 58 heavy (non-hydrogen) atoms. The van der Waals surface area contributed by atoms with Crippen molar-refractivity contribution >= 4 is 117 Å². The average Bonchev–Trinajstić information content (AvgIpc) is 3.85. The van der Waals surface area contributed by atoms with Crippen LogP contribution in [0.1, 0.15) is 0 Å². The van der Waals surface area contributed by atoms with Crippen molar-refractivity contribution in [3.63, 3.8) is 0 Å². The summed E-state index contributed by atoms with van der Waals surface area (Å²) < 4.78 is 5.40. The summed E-state index contributed by atoms with van der Waals surface area (Å²) in [5, 5.41) is 18.1. The van der Waals surface area contributed by atoms with Gasteiger partial charge in [0.05, 0.1) is 0 Å². The summed E-state index contributed by atoms with van der Waals surface area (Å²) in [7, 11) is 0. The molecule has 268 valence electrons. The molecule has 2 aromatic heterocycles. The quantitative estimate of drug-likeness (QED) is 0.157. The lowest BCUT2D eigenvalue weighted by atomic mass is 9.84. The van der Waals surface area contributed by atoms with E-state index in [1.165, 1.54) is 128 Å². The second kappa shape index (κ2) is 12.3. The number of rotatable bonds is 3. The van der Waals surface area contributed by atoms with E-state index in [0.717, 1.165) is 0 Å². The van der Waals surface area contributed by atoms with Crippen LogP contribution in [-0.2, 0) is 0 Å². The fourth-order valence-electron chi connectivity index (χ4n) is 9.79. The minimum absolute atomic E-state index is 1.24. The third-order valence-corrected chi connectivity index (χ3v) is 14.8. The third kappa shape index (κ3) is 4.68. The molecule has 11 aromatic carbocycles. The van der Waals surface area contributed by atoms with Gasteiger partial charge in [-0.3, -0.25) is 0 Å². The van der Waals surface area contributed by atoms with Crippen LogP contribution in [0.15, 0.2) is 194 Å². The van der Waals surface area contributed by atoms with E-state index >= 15 is 0 Å². The van der Waals surface area contributed by atoms with E-state index in [0.29, 0.717) is 0 Å². The molecule has 0 aliphatic heterocycles. The van der Waals surface area contributed by atoms with Gasteiger partial charge >= 0.3 is 0 Å². The fourth-order valence-corrected chi connectivity index (χ4v) is 12.1. The Hall–Kier alpha value is -6.84. The molecule has 2 heterocycles. The van der Waals surface area contributed by atoms with E-state index in [-0.39, 0.29) is 0 Å². The van der Waals surface area contributed by atoms with Crippen LogP contribution in [0.3, 0.4) is 0 Å². The summed E-state index contributed by atoms with van der Waals surface area (Å²) in [6, 6.07) is 72.7. The molecule has 2 heteroatoms. The highest BCUT2D eigenvalue weighted by molar-refractivity contribution is 7.27. The van der Waals surface area contributed by atoms with Crippen LogP contribution in [0.5, 0.6) is 0 Å². The van der Waals surface area contributed by atoms with Gasteiger partial charge in [0.25, 0.3) is 0 Å². The van der Waals surface area contributed by atoms with E-state index in [4.69, 9.17) is 0 Å². The van der Waals surface area contributed by atoms with Crippen LogP contribution >= 0.6 is 22.7 Å². The van der Waals surface area contributed by atoms with Crippen molar-refractivity contribution in [1.29, 1.82) is 0 Å². The molecule has 0 atom stereocenters. The van der Waals surface area contributed by atoms with Crippen molar-refractivity contribution in [2.24, 2.45) is 0 Å². The monoisotopic (exact) mass is 768 g/mol. The van der Waals surface area contributed by atoms with Crippen molar-refractivity contribution in [3.05, 3.63) is 194 Å². The van der Waals surface area contributed by atoms with Gasteiger partial charge in [0.15, 0.2) is 0 Å². The second-order valence-corrected chi connectivity index (χ2v) is 17.7. The summed E-state index contributed by atoms with van der Waals surface area (Å²) in [6.07, 6.45) is 0. The van der Waals surface area contributed by atoms with Gasteiger partial charge in [-0.25, -0.2) is 0 Å². The minimum Gasteiger partial charge on any atom is -0.135 e. The molecule has 0 fully saturated rings. The molecular formula is C56H32S2. The fraction of sp³-hybridized carbons (Fsp3) is 0. The summed E-state index contributed by atoms with van der Waals surface area (Å²) in [5.41, 5.74) is 7.63.